The van der Waals surface area contributed by atoms with E-state index in [2.05, 4.69) is 43.7 Å². The van der Waals surface area contributed by atoms with Crippen LogP contribution in [0.5, 0.6) is 0 Å². The molecule has 1 aromatic heterocycles. The van der Waals surface area contributed by atoms with Gasteiger partial charge in [0, 0.05) is 19.1 Å². The number of aromatic nitrogens is 4. The molecule has 0 saturated carbocycles. The Morgan fingerprint density at radius 1 is 1.59 bits per heavy atom. The number of likely N-dealkylation sites (tertiary alicyclic amines) is 1. The highest BCUT2D eigenvalue weighted by molar-refractivity contribution is 4.92. The van der Waals surface area contributed by atoms with Gasteiger partial charge in [0.15, 0.2) is 5.82 Å². The summed E-state index contributed by atoms with van der Waals surface area (Å²) < 4.78 is 0. The average molecular weight is 234 g/mol. The van der Waals surface area contributed by atoms with Gasteiger partial charge in [0.25, 0.3) is 0 Å². The molecule has 2 rings (SSSR count). The van der Waals surface area contributed by atoms with Crippen LogP contribution in [0.4, 0.5) is 0 Å². The molecule has 0 radical (unpaired) electrons. The highest BCUT2D eigenvalue weighted by Crippen LogP contribution is 2.14. The Morgan fingerprint density at radius 2 is 2.35 bits per heavy atom. The zero-order chi connectivity index (χ0) is 12.1. The number of tetrazole rings is 1. The van der Waals surface area contributed by atoms with E-state index >= 15 is 0 Å². The van der Waals surface area contributed by atoms with Gasteiger partial charge in [-0.1, -0.05) is 11.1 Å². The molecule has 6 nitrogen and oxygen atoms in total. The van der Waals surface area contributed by atoms with Crippen LogP contribution in [-0.2, 0) is 0 Å². The van der Waals surface area contributed by atoms with E-state index in [1.54, 1.807) is 0 Å². The van der Waals surface area contributed by atoms with Crippen LogP contribution in [0.15, 0.2) is 0 Å². The van der Waals surface area contributed by atoms with E-state index in [0.29, 0.717) is 6.04 Å². The van der Waals surface area contributed by atoms with Crippen LogP contribution >= 0.6 is 0 Å². The highest BCUT2D eigenvalue weighted by atomic mass is 15.5. The molecule has 0 spiro atoms. The Balaban J connectivity index is 1.77. The molecule has 2 N–H and O–H groups in total. The third-order valence-electron chi connectivity index (χ3n) is 3.14. The number of rotatable bonds is 4. The Kier molecular flexibility index (Phi) is 4.07. The summed E-state index contributed by atoms with van der Waals surface area (Å²) in [7, 11) is 0. The summed E-state index contributed by atoms with van der Waals surface area (Å²) in [5, 5.41) is 17.5. The zero-order valence-electron chi connectivity index (χ0n) is 10.1. The second-order valence-corrected chi connectivity index (χ2v) is 4.41. The van der Waals surface area contributed by atoms with Gasteiger partial charge in [0.2, 0.25) is 0 Å². The minimum Gasteiger partial charge on any atom is -0.305 e. The van der Waals surface area contributed by atoms with E-state index < -0.39 is 0 Å². The maximum absolute atomic E-state index is 5.30. The standard InChI is InChI=1S/C11H18N6/c1-3-6-17-7-4-10(5-8-17)12-9(2)11-13-15-16-14-11/h1,9-10,12H,4-8H2,2H3,(H,13,14,15,16). The van der Waals surface area contributed by atoms with Crippen molar-refractivity contribution in [1.29, 1.82) is 0 Å². The van der Waals surface area contributed by atoms with Gasteiger partial charge in [-0.15, -0.1) is 16.6 Å². The summed E-state index contributed by atoms with van der Waals surface area (Å²) in [4.78, 5) is 2.30. The van der Waals surface area contributed by atoms with Crippen LogP contribution in [0.3, 0.4) is 0 Å². The Bertz CT molecular complexity index is 360. The van der Waals surface area contributed by atoms with Crippen molar-refractivity contribution in [3.8, 4) is 12.3 Å². The lowest BCUT2D eigenvalue weighted by Crippen LogP contribution is -2.43. The molecule has 0 aliphatic carbocycles. The maximum atomic E-state index is 5.30. The van der Waals surface area contributed by atoms with Crippen LogP contribution in [0.1, 0.15) is 31.6 Å². The summed E-state index contributed by atoms with van der Waals surface area (Å²) in [5.41, 5.74) is 0. The number of hydrogen-bond donors (Lipinski definition) is 2. The first kappa shape index (κ1) is 12.0. The summed E-state index contributed by atoms with van der Waals surface area (Å²) in [6.45, 7) is 4.92. The molecule has 2 heterocycles. The number of aromatic amines is 1. The fourth-order valence-electron chi connectivity index (χ4n) is 2.17. The molecule has 6 heteroatoms. The van der Waals surface area contributed by atoms with Crippen molar-refractivity contribution < 1.29 is 0 Å². The monoisotopic (exact) mass is 234 g/mol. The second kappa shape index (κ2) is 5.75. The smallest absolute Gasteiger partial charge is 0.191 e. The molecule has 0 amide bonds. The summed E-state index contributed by atoms with van der Waals surface area (Å²) in [6, 6.07) is 0.649. The maximum Gasteiger partial charge on any atom is 0.191 e. The molecular weight excluding hydrogens is 216 g/mol. The molecule has 1 saturated heterocycles. The zero-order valence-corrected chi connectivity index (χ0v) is 10.1. The first-order chi connectivity index (χ1) is 8.29. The Labute approximate surface area is 101 Å². The molecule has 1 aromatic rings. The van der Waals surface area contributed by atoms with Gasteiger partial charge in [0.1, 0.15) is 0 Å². The number of H-pyrrole nitrogens is 1. The van der Waals surface area contributed by atoms with E-state index in [4.69, 9.17) is 6.42 Å². The van der Waals surface area contributed by atoms with Crippen molar-refractivity contribution in [1.82, 2.24) is 30.8 Å². The fraction of sp³-hybridized carbons (Fsp3) is 0.727. The minimum absolute atomic E-state index is 0.137. The van der Waals surface area contributed by atoms with Crippen molar-refractivity contribution in [2.75, 3.05) is 19.6 Å². The van der Waals surface area contributed by atoms with Crippen LogP contribution in [0.2, 0.25) is 0 Å². The molecular formula is C11H18N6. The molecule has 1 aliphatic heterocycles. The van der Waals surface area contributed by atoms with E-state index in [1.807, 2.05) is 0 Å². The summed E-state index contributed by atoms with van der Waals surface area (Å²) in [6.07, 6.45) is 7.53. The third kappa shape index (κ3) is 3.25. The molecule has 92 valence electrons. The topological polar surface area (TPSA) is 69.7 Å². The van der Waals surface area contributed by atoms with Gasteiger partial charge in [-0.3, -0.25) is 4.90 Å². The van der Waals surface area contributed by atoms with Crippen molar-refractivity contribution in [3.63, 3.8) is 0 Å². The fourth-order valence-corrected chi connectivity index (χ4v) is 2.17. The molecule has 1 unspecified atom stereocenters. The number of hydrogen-bond acceptors (Lipinski definition) is 5. The van der Waals surface area contributed by atoms with Crippen LogP contribution < -0.4 is 5.32 Å². The van der Waals surface area contributed by atoms with E-state index in [-0.39, 0.29) is 6.04 Å². The second-order valence-electron chi connectivity index (χ2n) is 4.41. The first-order valence-electron chi connectivity index (χ1n) is 5.95. The summed E-state index contributed by atoms with van der Waals surface area (Å²) in [5.74, 6) is 3.41. The molecule has 1 fully saturated rings. The van der Waals surface area contributed by atoms with Crippen molar-refractivity contribution in [2.45, 2.75) is 31.8 Å². The Morgan fingerprint density at radius 3 is 2.94 bits per heavy atom. The number of piperidine rings is 1. The van der Waals surface area contributed by atoms with Gasteiger partial charge in [-0.2, -0.15) is 5.21 Å². The van der Waals surface area contributed by atoms with Crippen LogP contribution in [-0.4, -0.2) is 51.2 Å². The minimum atomic E-state index is 0.137. The van der Waals surface area contributed by atoms with Gasteiger partial charge in [0.05, 0.1) is 12.6 Å². The van der Waals surface area contributed by atoms with E-state index in [9.17, 15) is 0 Å². The van der Waals surface area contributed by atoms with Gasteiger partial charge >= 0.3 is 0 Å². The van der Waals surface area contributed by atoms with Gasteiger partial charge < -0.3 is 5.32 Å². The average Bonchev–Trinajstić information content (AvgIpc) is 2.86. The third-order valence-corrected chi connectivity index (χ3v) is 3.14. The number of nitrogens with zero attached hydrogens (tertiary/aromatic N) is 4. The van der Waals surface area contributed by atoms with E-state index in [0.717, 1.165) is 38.3 Å². The molecule has 17 heavy (non-hydrogen) atoms. The van der Waals surface area contributed by atoms with Crippen molar-refractivity contribution in [2.24, 2.45) is 0 Å². The largest absolute Gasteiger partial charge is 0.305 e. The highest BCUT2D eigenvalue weighted by Gasteiger charge is 2.21. The quantitative estimate of drug-likeness (QED) is 0.715. The lowest BCUT2D eigenvalue weighted by Gasteiger charge is -2.32. The lowest BCUT2D eigenvalue weighted by atomic mass is 10.0. The van der Waals surface area contributed by atoms with Crippen LogP contribution in [0.25, 0.3) is 0 Å². The molecule has 1 aliphatic rings. The normalized spacial score (nSPS) is 20.0. The molecule has 1 atom stereocenters. The van der Waals surface area contributed by atoms with Crippen molar-refractivity contribution in [3.05, 3.63) is 5.82 Å². The first-order valence-corrected chi connectivity index (χ1v) is 5.95. The van der Waals surface area contributed by atoms with Gasteiger partial charge in [-0.25, -0.2) is 0 Å². The van der Waals surface area contributed by atoms with Crippen molar-refractivity contribution >= 4 is 0 Å². The number of terminal acetylenes is 1. The summed E-state index contributed by atoms with van der Waals surface area (Å²) >= 11 is 0. The lowest BCUT2D eigenvalue weighted by molar-refractivity contribution is 0.210. The Hall–Kier alpha value is -1.45. The molecule has 0 bridgehead atoms. The SMILES string of the molecule is C#CCN1CCC(NC(C)c2nn[nH]n2)CC1. The van der Waals surface area contributed by atoms with Gasteiger partial charge in [-0.05, 0) is 19.8 Å². The molecule has 0 aromatic carbocycles. The predicted octanol–water partition coefficient (Wildman–Crippen LogP) is -0.0521. The van der Waals surface area contributed by atoms with Crippen LogP contribution in [0, 0.1) is 12.3 Å². The predicted molar refractivity (Wildman–Crippen MR) is 64.0 cm³/mol. The number of nitrogens with one attached hydrogen (secondary N) is 2. The van der Waals surface area contributed by atoms with E-state index in [1.165, 1.54) is 0 Å².